The quantitative estimate of drug-likeness (QED) is 0.722. The van der Waals surface area contributed by atoms with Crippen LogP contribution in [0.1, 0.15) is 16.7 Å². The van der Waals surface area contributed by atoms with E-state index in [9.17, 15) is 0 Å². The second-order valence-electron chi connectivity index (χ2n) is 5.02. The molecule has 0 saturated carbocycles. The van der Waals surface area contributed by atoms with E-state index in [-0.39, 0.29) is 0 Å². The molecule has 110 valence electrons. The van der Waals surface area contributed by atoms with Crippen LogP contribution in [-0.4, -0.2) is 6.61 Å². The van der Waals surface area contributed by atoms with E-state index >= 15 is 0 Å². The SMILES string of the molecule is C=CCOc1ccc(Br)cc1CNc1cc(C)ccc1C. The maximum atomic E-state index is 5.70. The van der Waals surface area contributed by atoms with Gasteiger partial charge in [0.1, 0.15) is 12.4 Å². The largest absolute Gasteiger partial charge is 0.489 e. The van der Waals surface area contributed by atoms with Crippen LogP contribution < -0.4 is 10.1 Å². The molecule has 0 radical (unpaired) electrons. The van der Waals surface area contributed by atoms with Crippen LogP contribution in [0.15, 0.2) is 53.5 Å². The highest BCUT2D eigenvalue weighted by Gasteiger charge is 2.06. The van der Waals surface area contributed by atoms with Gasteiger partial charge in [0, 0.05) is 22.3 Å². The van der Waals surface area contributed by atoms with Gasteiger partial charge in [-0.2, -0.15) is 0 Å². The molecule has 0 aliphatic rings. The maximum absolute atomic E-state index is 5.70. The maximum Gasteiger partial charge on any atom is 0.124 e. The molecule has 2 nitrogen and oxygen atoms in total. The molecule has 0 amide bonds. The topological polar surface area (TPSA) is 21.3 Å². The van der Waals surface area contributed by atoms with E-state index in [2.05, 4.69) is 65.9 Å². The van der Waals surface area contributed by atoms with E-state index in [1.54, 1.807) is 6.08 Å². The summed E-state index contributed by atoms with van der Waals surface area (Å²) in [6.45, 7) is 9.13. The molecule has 3 heteroatoms. The number of rotatable bonds is 6. The Bertz CT molecular complexity index is 637. The fourth-order valence-electron chi connectivity index (χ4n) is 2.09. The van der Waals surface area contributed by atoms with Crippen molar-refractivity contribution >= 4 is 21.6 Å². The second-order valence-corrected chi connectivity index (χ2v) is 5.94. The molecule has 0 bridgehead atoms. The number of anilines is 1. The Morgan fingerprint density at radius 1 is 1.19 bits per heavy atom. The van der Waals surface area contributed by atoms with Gasteiger partial charge in [-0.05, 0) is 49.2 Å². The summed E-state index contributed by atoms with van der Waals surface area (Å²) in [6, 6.07) is 12.5. The van der Waals surface area contributed by atoms with Gasteiger partial charge >= 0.3 is 0 Å². The highest BCUT2D eigenvalue weighted by molar-refractivity contribution is 9.10. The van der Waals surface area contributed by atoms with Gasteiger partial charge in [0.2, 0.25) is 0 Å². The second kappa shape index (κ2) is 7.32. The van der Waals surface area contributed by atoms with Crippen molar-refractivity contribution in [1.29, 1.82) is 0 Å². The minimum absolute atomic E-state index is 0.512. The Labute approximate surface area is 135 Å². The molecule has 1 N–H and O–H groups in total. The summed E-state index contributed by atoms with van der Waals surface area (Å²) in [5.41, 5.74) is 4.77. The lowest BCUT2D eigenvalue weighted by atomic mass is 10.1. The van der Waals surface area contributed by atoms with Crippen LogP contribution in [0.3, 0.4) is 0 Å². The zero-order chi connectivity index (χ0) is 15.2. The summed E-state index contributed by atoms with van der Waals surface area (Å²) in [6.07, 6.45) is 1.75. The van der Waals surface area contributed by atoms with Crippen LogP contribution in [0.4, 0.5) is 5.69 Å². The Hall–Kier alpha value is -1.74. The average Bonchev–Trinajstić information content (AvgIpc) is 2.47. The van der Waals surface area contributed by atoms with Crippen molar-refractivity contribution in [3.05, 3.63) is 70.2 Å². The third kappa shape index (κ3) is 4.36. The summed E-state index contributed by atoms with van der Waals surface area (Å²) in [7, 11) is 0. The van der Waals surface area contributed by atoms with E-state index < -0.39 is 0 Å². The first-order valence-corrected chi connectivity index (χ1v) is 7.72. The van der Waals surface area contributed by atoms with Gasteiger partial charge in [0.05, 0.1) is 0 Å². The summed E-state index contributed by atoms with van der Waals surface area (Å²) in [4.78, 5) is 0. The molecule has 0 saturated heterocycles. The molecular formula is C18H20BrNO. The third-order valence-corrected chi connectivity index (χ3v) is 3.73. The molecule has 2 rings (SSSR count). The molecule has 0 unspecified atom stereocenters. The van der Waals surface area contributed by atoms with Crippen LogP contribution in [0.5, 0.6) is 5.75 Å². The van der Waals surface area contributed by atoms with E-state index in [1.807, 2.05) is 12.1 Å². The van der Waals surface area contributed by atoms with Gasteiger partial charge < -0.3 is 10.1 Å². The molecule has 0 spiro atoms. The van der Waals surface area contributed by atoms with Gasteiger partial charge in [-0.1, -0.05) is 40.7 Å². The molecule has 0 aliphatic heterocycles. The molecule has 21 heavy (non-hydrogen) atoms. The van der Waals surface area contributed by atoms with Crippen LogP contribution in [0, 0.1) is 13.8 Å². The van der Waals surface area contributed by atoms with Crippen molar-refractivity contribution in [2.45, 2.75) is 20.4 Å². The minimum atomic E-state index is 0.512. The van der Waals surface area contributed by atoms with E-state index in [4.69, 9.17) is 4.74 Å². The van der Waals surface area contributed by atoms with E-state index in [0.717, 1.165) is 28.0 Å². The van der Waals surface area contributed by atoms with Gasteiger partial charge in [-0.15, -0.1) is 0 Å². The van der Waals surface area contributed by atoms with Crippen LogP contribution >= 0.6 is 15.9 Å². The number of ether oxygens (including phenoxy) is 1. The zero-order valence-electron chi connectivity index (χ0n) is 12.4. The van der Waals surface area contributed by atoms with Crippen molar-refractivity contribution in [3.63, 3.8) is 0 Å². The Morgan fingerprint density at radius 2 is 2.00 bits per heavy atom. The standard InChI is InChI=1S/C18H20BrNO/c1-4-9-21-18-8-7-16(19)11-15(18)12-20-17-10-13(2)5-6-14(17)3/h4-8,10-11,20H,1,9,12H2,2-3H3. The van der Waals surface area contributed by atoms with Gasteiger partial charge in [0.25, 0.3) is 0 Å². The molecule has 0 aromatic heterocycles. The zero-order valence-corrected chi connectivity index (χ0v) is 14.0. The number of hydrogen-bond acceptors (Lipinski definition) is 2. The number of nitrogens with one attached hydrogen (secondary N) is 1. The lowest BCUT2D eigenvalue weighted by Crippen LogP contribution is -2.04. The molecule has 0 fully saturated rings. The number of aryl methyl sites for hydroxylation is 2. The first-order valence-electron chi connectivity index (χ1n) is 6.93. The van der Waals surface area contributed by atoms with E-state index in [0.29, 0.717) is 6.61 Å². The van der Waals surface area contributed by atoms with Crippen LogP contribution in [-0.2, 0) is 6.54 Å². The fraction of sp³-hybridized carbons (Fsp3) is 0.222. The monoisotopic (exact) mass is 345 g/mol. The van der Waals surface area contributed by atoms with Crippen molar-refractivity contribution in [2.24, 2.45) is 0 Å². The van der Waals surface area contributed by atoms with Crippen molar-refractivity contribution in [1.82, 2.24) is 0 Å². The number of benzene rings is 2. The Kier molecular flexibility index (Phi) is 5.45. The first-order chi connectivity index (χ1) is 10.1. The highest BCUT2D eigenvalue weighted by atomic mass is 79.9. The van der Waals surface area contributed by atoms with Gasteiger partial charge in [0.15, 0.2) is 0 Å². The molecule has 0 aliphatic carbocycles. The highest BCUT2D eigenvalue weighted by Crippen LogP contribution is 2.25. The smallest absolute Gasteiger partial charge is 0.124 e. The average molecular weight is 346 g/mol. The molecular weight excluding hydrogens is 326 g/mol. The predicted molar refractivity (Wildman–Crippen MR) is 93.1 cm³/mol. The lowest BCUT2D eigenvalue weighted by Gasteiger charge is -2.14. The summed E-state index contributed by atoms with van der Waals surface area (Å²) < 4.78 is 6.75. The fourth-order valence-corrected chi connectivity index (χ4v) is 2.50. The summed E-state index contributed by atoms with van der Waals surface area (Å²) in [5, 5.41) is 3.49. The summed E-state index contributed by atoms with van der Waals surface area (Å²) >= 11 is 3.51. The minimum Gasteiger partial charge on any atom is -0.489 e. The molecule has 0 heterocycles. The van der Waals surface area contributed by atoms with Crippen molar-refractivity contribution in [2.75, 3.05) is 11.9 Å². The number of halogens is 1. The van der Waals surface area contributed by atoms with Crippen molar-refractivity contribution in [3.8, 4) is 5.75 Å². The lowest BCUT2D eigenvalue weighted by molar-refractivity contribution is 0.359. The number of hydrogen-bond donors (Lipinski definition) is 1. The van der Waals surface area contributed by atoms with Crippen molar-refractivity contribution < 1.29 is 4.74 Å². The Morgan fingerprint density at radius 3 is 2.76 bits per heavy atom. The normalized spacial score (nSPS) is 10.2. The molecule has 2 aromatic rings. The third-order valence-electron chi connectivity index (χ3n) is 3.24. The van der Waals surface area contributed by atoms with Gasteiger partial charge in [-0.3, -0.25) is 0 Å². The Balaban J connectivity index is 2.16. The van der Waals surface area contributed by atoms with Crippen LogP contribution in [0.2, 0.25) is 0 Å². The summed E-state index contributed by atoms with van der Waals surface area (Å²) in [5.74, 6) is 0.885. The molecule has 2 aromatic carbocycles. The molecule has 0 atom stereocenters. The predicted octanol–water partition coefficient (Wildman–Crippen LogP) is 5.24. The van der Waals surface area contributed by atoms with Crippen LogP contribution in [0.25, 0.3) is 0 Å². The van der Waals surface area contributed by atoms with E-state index in [1.165, 1.54) is 11.1 Å². The first kappa shape index (κ1) is 15.6. The van der Waals surface area contributed by atoms with Gasteiger partial charge in [-0.25, -0.2) is 0 Å².